The molecule has 0 fully saturated rings. The van der Waals surface area contributed by atoms with E-state index in [0.29, 0.717) is 5.69 Å². The van der Waals surface area contributed by atoms with Crippen molar-refractivity contribution in [1.29, 1.82) is 0 Å². The number of nitrogens with one attached hydrogen (secondary N) is 1. The monoisotopic (exact) mass is 297 g/mol. The Hall–Kier alpha value is -1.82. The zero-order chi connectivity index (χ0) is 15.8. The molecule has 0 aliphatic rings. The Morgan fingerprint density at radius 2 is 1.86 bits per heavy atom. The lowest BCUT2D eigenvalue weighted by Gasteiger charge is -2.26. The fourth-order valence-corrected chi connectivity index (χ4v) is 2.12. The highest BCUT2D eigenvalue weighted by atomic mass is 19.4. The van der Waals surface area contributed by atoms with E-state index in [1.54, 1.807) is 24.7 Å². The Bertz CT molecular complexity index is 642. The first-order valence-corrected chi connectivity index (χ1v) is 6.57. The van der Waals surface area contributed by atoms with Crippen molar-refractivity contribution >= 4 is 0 Å². The van der Waals surface area contributed by atoms with Crippen LogP contribution in [0.25, 0.3) is 5.69 Å². The van der Waals surface area contributed by atoms with Gasteiger partial charge in [-0.15, -0.1) is 0 Å². The van der Waals surface area contributed by atoms with Crippen LogP contribution < -0.4 is 5.32 Å². The number of hydrogen-bond donors (Lipinski definition) is 1. The molecular formula is C15H18F3N3. The fourth-order valence-electron chi connectivity index (χ4n) is 2.12. The first kappa shape index (κ1) is 15.6. The third kappa shape index (κ3) is 2.95. The first-order valence-electron chi connectivity index (χ1n) is 6.57. The number of benzene rings is 1. The molecule has 0 saturated heterocycles. The molecule has 0 radical (unpaired) electrons. The molecular weight excluding hydrogens is 279 g/mol. The van der Waals surface area contributed by atoms with Gasteiger partial charge in [-0.3, -0.25) is 0 Å². The van der Waals surface area contributed by atoms with Crippen molar-refractivity contribution in [2.45, 2.75) is 32.5 Å². The number of aromatic nitrogens is 2. The second-order valence-corrected chi connectivity index (χ2v) is 5.52. The predicted octanol–water partition coefficient (Wildman–Crippen LogP) is 3.65. The van der Waals surface area contributed by atoms with Crippen molar-refractivity contribution < 1.29 is 13.2 Å². The molecule has 0 aliphatic heterocycles. The highest BCUT2D eigenvalue weighted by Crippen LogP contribution is 2.32. The number of aryl methyl sites for hydroxylation is 1. The van der Waals surface area contributed by atoms with Crippen LogP contribution in [0.3, 0.4) is 0 Å². The number of rotatable bonds is 3. The Kier molecular flexibility index (Phi) is 3.84. The van der Waals surface area contributed by atoms with E-state index in [1.165, 1.54) is 12.4 Å². The average molecular weight is 297 g/mol. The summed E-state index contributed by atoms with van der Waals surface area (Å²) in [7, 11) is 1.80. The molecule has 0 bridgehead atoms. The normalized spacial score (nSPS) is 12.7. The van der Waals surface area contributed by atoms with Crippen LogP contribution in [0.5, 0.6) is 0 Å². The molecule has 114 valence electrons. The van der Waals surface area contributed by atoms with Crippen LogP contribution in [-0.4, -0.2) is 16.6 Å². The van der Waals surface area contributed by atoms with Crippen molar-refractivity contribution in [1.82, 2.24) is 14.9 Å². The molecule has 0 atom stereocenters. The summed E-state index contributed by atoms with van der Waals surface area (Å²) in [5.74, 6) is 0. The zero-order valence-corrected chi connectivity index (χ0v) is 12.4. The van der Waals surface area contributed by atoms with E-state index >= 15 is 0 Å². The third-order valence-electron chi connectivity index (χ3n) is 3.70. The Labute approximate surface area is 121 Å². The van der Waals surface area contributed by atoms with E-state index < -0.39 is 17.3 Å². The molecule has 2 rings (SSSR count). The third-order valence-corrected chi connectivity index (χ3v) is 3.70. The molecule has 0 amide bonds. The smallest absolute Gasteiger partial charge is 0.310 e. The van der Waals surface area contributed by atoms with Crippen molar-refractivity contribution in [3.8, 4) is 5.69 Å². The molecule has 0 aliphatic carbocycles. The van der Waals surface area contributed by atoms with Crippen molar-refractivity contribution in [2.75, 3.05) is 7.05 Å². The molecule has 0 spiro atoms. The molecule has 3 nitrogen and oxygen atoms in total. The van der Waals surface area contributed by atoms with Crippen molar-refractivity contribution in [2.24, 2.45) is 0 Å². The number of nitrogens with zero attached hydrogens (tertiary/aromatic N) is 2. The first-order chi connectivity index (χ1) is 9.66. The second kappa shape index (κ2) is 5.18. The largest absolute Gasteiger partial charge is 0.416 e. The van der Waals surface area contributed by atoms with E-state index in [9.17, 15) is 13.2 Å². The predicted molar refractivity (Wildman–Crippen MR) is 75.4 cm³/mol. The number of hydrogen-bond acceptors (Lipinski definition) is 2. The van der Waals surface area contributed by atoms with Crippen LogP contribution in [0.2, 0.25) is 0 Å². The van der Waals surface area contributed by atoms with Crippen molar-refractivity contribution in [3.63, 3.8) is 0 Å². The minimum Gasteiger partial charge on any atom is -0.310 e. The highest BCUT2D eigenvalue weighted by molar-refractivity contribution is 5.46. The van der Waals surface area contributed by atoms with E-state index in [2.05, 4.69) is 10.3 Å². The summed E-state index contributed by atoms with van der Waals surface area (Å²) in [5, 5.41) is 3.14. The lowest BCUT2D eigenvalue weighted by molar-refractivity contribution is -0.137. The fraction of sp³-hybridized carbons (Fsp3) is 0.400. The van der Waals surface area contributed by atoms with Crippen LogP contribution in [0, 0.1) is 6.92 Å². The van der Waals surface area contributed by atoms with Gasteiger partial charge in [0.2, 0.25) is 0 Å². The molecule has 1 N–H and O–H groups in total. The number of imidazole rings is 1. The summed E-state index contributed by atoms with van der Waals surface area (Å²) in [6, 6.07) is 3.74. The van der Waals surface area contributed by atoms with Gasteiger partial charge in [-0.2, -0.15) is 13.2 Å². The minimum absolute atomic E-state index is 0.406. The van der Waals surface area contributed by atoms with Gasteiger partial charge >= 0.3 is 6.18 Å². The second-order valence-electron chi connectivity index (χ2n) is 5.52. The van der Waals surface area contributed by atoms with Crippen LogP contribution in [0.15, 0.2) is 30.7 Å². The van der Waals surface area contributed by atoms with E-state index in [0.717, 1.165) is 23.4 Å². The lowest BCUT2D eigenvalue weighted by atomic mass is 10.0. The number of alkyl halides is 3. The maximum Gasteiger partial charge on any atom is 0.416 e. The Morgan fingerprint density at radius 1 is 1.19 bits per heavy atom. The maximum atomic E-state index is 12.9. The van der Waals surface area contributed by atoms with Crippen LogP contribution in [-0.2, 0) is 11.7 Å². The highest BCUT2D eigenvalue weighted by Gasteiger charge is 2.31. The molecule has 2 aromatic rings. The molecule has 6 heteroatoms. The lowest BCUT2D eigenvalue weighted by Crippen LogP contribution is -2.35. The summed E-state index contributed by atoms with van der Waals surface area (Å²) in [5.41, 5.74) is 0.976. The Balaban J connectivity index is 2.61. The summed E-state index contributed by atoms with van der Waals surface area (Å²) < 4.78 is 40.4. The van der Waals surface area contributed by atoms with Gasteiger partial charge in [-0.25, -0.2) is 4.98 Å². The van der Waals surface area contributed by atoms with Gasteiger partial charge in [-0.1, -0.05) is 6.07 Å². The van der Waals surface area contributed by atoms with Crippen LogP contribution >= 0.6 is 0 Å². The number of halogens is 3. The topological polar surface area (TPSA) is 29.9 Å². The van der Waals surface area contributed by atoms with E-state index in [1.807, 2.05) is 13.8 Å². The van der Waals surface area contributed by atoms with Gasteiger partial charge in [0, 0.05) is 0 Å². The minimum atomic E-state index is -4.36. The average Bonchev–Trinajstić information content (AvgIpc) is 2.87. The molecule has 0 unspecified atom stereocenters. The molecule has 1 aromatic carbocycles. The van der Waals surface area contributed by atoms with Gasteiger partial charge in [-0.05, 0) is 45.5 Å². The zero-order valence-electron chi connectivity index (χ0n) is 12.4. The van der Waals surface area contributed by atoms with E-state index in [4.69, 9.17) is 0 Å². The maximum absolute atomic E-state index is 12.9. The molecule has 1 aromatic heterocycles. The van der Waals surface area contributed by atoms with Gasteiger partial charge < -0.3 is 9.88 Å². The molecule has 21 heavy (non-hydrogen) atoms. The van der Waals surface area contributed by atoms with Gasteiger partial charge in [0.25, 0.3) is 0 Å². The van der Waals surface area contributed by atoms with E-state index in [-0.39, 0.29) is 0 Å². The van der Waals surface area contributed by atoms with Gasteiger partial charge in [0.15, 0.2) is 0 Å². The summed E-state index contributed by atoms with van der Waals surface area (Å²) in [6.07, 6.45) is -1.16. The van der Waals surface area contributed by atoms with Crippen molar-refractivity contribution in [3.05, 3.63) is 47.5 Å². The quantitative estimate of drug-likeness (QED) is 0.937. The summed E-state index contributed by atoms with van der Waals surface area (Å²) >= 11 is 0. The summed E-state index contributed by atoms with van der Waals surface area (Å²) in [4.78, 5) is 4.09. The SMILES string of the molecule is CNC(C)(C)c1cncn1-c1cc(C(F)(F)F)ccc1C. The molecule has 0 saturated carbocycles. The summed E-state index contributed by atoms with van der Waals surface area (Å²) in [6.45, 7) is 5.68. The Morgan fingerprint density at radius 3 is 2.43 bits per heavy atom. The molecule has 1 heterocycles. The van der Waals surface area contributed by atoms with Gasteiger partial charge in [0.05, 0.1) is 35.0 Å². The van der Waals surface area contributed by atoms with Gasteiger partial charge in [0.1, 0.15) is 0 Å². The standard InChI is InChI=1S/C15H18F3N3/c1-10-5-6-11(15(16,17)18)7-12(10)21-9-20-8-13(21)14(2,3)19-4/h5-9,19H,1-4H3. The van der Waals surface area contributed by atoms with Crippen LogP contribution in [0.4, 0.5) is 13.2 Å². The van der Waals surface area contributed by atoms with Crippen LogP contribution in [0.1, 0.15) is 30.7 Å².